The van der Waals surface area contributed by atoms with Crippen LogP contribution >= 0.6 is 0 Å². The molecule has 2 aromatic rings. The van der Waals surface area contributed by atoms with Crippen LogP contribution in [-0.4, -0.2) is 79.6 Å². The molecule has 1 aromatic carbocycles. The SMILES string of the molecule is Cc1c(Nc2ccc(S(C)(=O)=O)cc2F)ncnc1OC1CC2COCC(C1)N2C(=O)OCC1CC1(F)F. The summed E-state index contributed by atoms with van der Waals surface area (Å²) in [6.45, 7) is 1.92. The Bertz CT molecular complexity index is 1330. The van der Waals surface area contributed by atoms with Gasteiger partial charge in [0.15, 0.2) is 9.84 Å². The summed E-state index contributed by atoms with van der Waals surface area (Å²) in [5, 5.41) is 2.85. The molecule has 0 radical (unpaired) electrons. The van der Waals surface area contributed by atoms with Crippen molar-refractivity contribution in [3.63, 3.8) is 0 Å². The Morgan fingerprint density at radius 2 is 1.92 bits per heavy atom. The third kappa shape index (κ3) is 5.51. The number of hydrogen-bond acceptors (Lipinski definition) is 9. The summed E-state index contributed by atoms with van der Waals surface area (Å²) in [5.74, 6) is -3.88. The molecule has 5 rings (SSSR count). The van der Waals surface area contributed by atoms with Crippen LogP contribution in [0.25, 0.3) is 0 Å². The number of aromatic nitrogens is 2. The van der Waals surface area contributed by atoms with Crippen molar-refractivity contribution in [2.24, 2.45) is 5.92 Å². The van der Waals surface area contributed by atoms with Crippen LogP contribution in [0.15, 0.2) is 29.4 Å². The molecule has 0 spiro atoms. The van der Waals surface area contributed by atoms with E-state index in [9.17, 15) is 26.4 Å². The number of morpholine rings is 1. The highest BCUT2D eigenvalue weighted by Gasteiger charge is 2.57. The Hall–Kier alpha value is -3.13. The highest BCUT2D eigenvalue weighted by Crippen LogP contribution is 2.48. The summed E-state index contributed by atoms with van der Waals surface area (Å²) >= 11 is 0. The standard InChI is InChI=1S/C24H27F3N4O6S/c1-13-21(30-20-4-3-18(7-19(20)25)38(2,33)34)28-12-29-22(13)37-17-5-15-10-35-11-16(6-17)31(15)23(32)36-9-14-8-24(14,26)27/h3-4,7,12,14-17H,5-6,8-11H2,1-2H3,(H,28,29,30). The van der Waals surface area contributed by atoms with Crippen LogP contribution in [0.3, 0.4) is 0 Å². The van der Waals surface area contributed by atoms with E-state index in [1.54, 1.807) is 11.8 Å². The zero-order chi connectivity index (χ0) is 27.2. The van der Waals surface area contributed by atoms with Crippen molar-refractivity contribution >= 4 is 27.4 Å². The van der Waals surface area contributed by atoms with Crippen molar-refractivity contribution in [3.05, 3.63) is 35.9 Å². The van der Waals surface area contributed by atoms with Crippen molar-refractivity contribution in [3.8, 4) is 5.88 Å². The van der Waals surface area contributed by atoms with E-state index >= 15 is 0 Å². The molecule has 1 saturated carbocycles. The van der Waals surface area contributed by atoms with Gasteiger partial charge in [-0.25, -0.2) is 36.4 Å². The van der Waals surface area contributed by atoms with E-state index in [1.165, 1.54) is 18.5 Å². The van der Waals surface area contributed by atoms with E-state index < -0.39 is 33.6 Å². The first-order valence-electron chi connectivity index (χ1n) is 12.1. The third-order valence-corrected chi connectivity index (χ3v) is 8.10. The lowest BCUT2D eigenvalue weighted by Gasteiger charge is -2.47. The highest BCUT2D eigenvalue weighted by atomic mass is 32.2. The summed E-state index contributed by atoms with van der Waals surface area (Å²) in [6, 6.07) is 2.85. The van der Waals surface area contributed by atoms with Gasteiger partial charge in [0.25, 0.3) is 5.92 Å². The quantitative estimate of drug-likeness (QED) is 0.547. The molecule has 2 aliphatic heterocycles. The minimum Gasteiger partial charge on any atom is -0.474 e. The number of halogens is 3. The van der Waals surface area contributed by atoms with Crippen LogP contribution in [0.4, 0.5) is 29.5 Å². The normalized spacial score (nSPS) is 26.0. The Labute approximate surface area is 217 Å². The molecule has 1 N–H and O–H groups in total. The molecule has 3 aliphatic rings. The van der Waals surface area contributed by atoms with Gasteiger partial charge in [0.1, 0.15) is 30.7 Å². The Morgan fingerprint density at radius 3 is 2.53 bits per heavy atom. The number of carbonyl (C=O) groups excluding carboxylic acids is 1. The number of carbonyl (C=O) groups is 1. The maximum absolute atomic E-state index is 14.6. The van der Waals surface area contributed by atoms with Gasteiger partial charge in [-0.1, -0.05) is 0 Å². The second-order valence-corrected chi connectivity index (χ2v) is 11.9. The number of alkyl halides is 2. The van der Waals surface area contributed by atoms with E-state index in [0.717, 1.165) is 12.3 Å². The number of sulfone groups is 1. The number of rotatable bonds is 7. The molecular formula is C24H27F3N4O6S. The van der Waals surface area contributed by atoms with Gasteiger partial charge in [-0.05, 0) is 25.1 Å². The van der Waals surface area contributed by atoms with Gasteiger partial charge in [-0.15, -0.1) is 0 Å². The van der Waals surface area contributed by atoms with Gasteiger partial charge in [0.05, 0.1) is 47.4 Å². The molecule has 14 heteroatoms. The topological polar surface area (TPSA) is 120 Å². The zero-order valence-electron chi connectivity index (χ0n) is 20.7. The van der Waals surface area contributed by atoms with Gasteiger partial charge in [-0.2, -0.15) is 0 Å². The molecule has 38 heavy (non-hydrogen) atoms. The fourth-order valence-electron chi connectivity index (χ4n) is 4.75. The molecule has 1 amide bonds. The minimum absolute atomic E-state index is 0.0348. The van der Waals surface area contributed by atoms with Crippen molar-refractivity contribution in [1.82, 2.24) is 14.9 Å². The predicted octanol–water partition coefficient (Wildman–Crippen LogP) is 3.47. The molecule has 1 aromatic heterocycles. The fourth-order valence-corrected chi connectivity index (χ4v) is 5.38. The first-order valence-corrected chi connectivity index (χ1v) is 14.0. The maximum atomic E-state index is 14.6. The summed E-state index contributed by atoms with van der Waals surface area (Å²) in [7, 11) is -3.56. The molecule has 3 fully saturated rings. The lowest BCUT2D eigenvalue weighted by atomic mass is 9.92. The van der Waals surface area contributed by atoms with Crippen LogP contribution in [-0.2, 0) is 19.3 Å². The van der Waals surface area contributed by atoms with Crippen LogP contribution in [0, 0.1) is 18.7 Å². The molecule has 3 unspecified atom stereocenters. The van der Waals surface area contributed by atoms with Crippen LogP contribution in [0.2, 0.25) is 0 Å². The summed E-state index contributed by atoms with van der Waals surface area (Å²) in [4.78, 5) is 22.4. The van der Waals surface area contributed by atoms with E-state index in [-0.39, 0.29) is 66.7 Å². The van der Waals surface area contributed by atoms with Gasteiger partial charge < -0.3 is 19.5 Å². The average Bonchev–Trinajstić information content (AvgIpc) is 3.46. The highest BCUT2D eigenvalue weighted by molar-refractivity contribution is 7.90. The number of hydrogen-bond donors (Lipinski definition) is 1. The Kier molecular flexibility index (Phi) is 6.88. The Balaban J connectivity index is 1.24. The predicted molar refractivity (Wildman–Crippen MR) is 128 cm³/mol. The van der Waals surface area contributed by atoms with E-state index in [1.807, 2.05) is 0 Å². The first kappa shape index (κ1) is 26.5. The Morgan fingerprint density at radius 1 is 1.24 bits per heavy atom. The number of amides is 1. The molecule has 1 aliphatic carbocycles. The van der Waals surface area contributed by atoms with Crippen molar-refractivity contribution in [1.29, 1.82) is 0 Å². The smallest absolute Gasteiger partial charge is 0.410 e. The van der Waals surface area contributed by atoms with Gasteiger partial charge in [0.2, 0.25) is 5.88 Å². The lowest BCUT2D eigenvalue weighted by molar-refractivity contribution is -0.0917. The minimum atomic E-state index is -3.56. The van der Waals surface area contributed by atoms with Crippen LogP contribution in [0.1, 0.15) is 24.8 Å². The monoisotopic (exact) mass is 556 g/mol. The van der Waals surface area contributed by atoms with E-state index in [0.29, 0.717) is 18.4 Å². The van der Waals surface area contributed by atoms with Gasteiger partial charge >= 0.3 is 6.09 Å². The molecule has 2 bridgehead atoms. The summed E-state index contributed by atoms with van der Waals surface area (Å²) in [5.41, 5.74) is 0.542. The van der Waals surface area contributed by atoms with Crippen LogP contribution < -0.4 is 10.1 Å². The molecule has 3 heterocycles. The number of nitrogens with zero attached hydrogens (tertiary/aromatic N) is 3. The lowest BCUT2D eigenvalue weighted by Crippen LogP contribution is -2.61. The molecule has 206 valence electrons. The number of piperidine rings is 1. The number of nitrogens with one attached hydrogen (secondary N) is 1. The molecule has 10 nitrogen and oxygen atoms in total. The average molecular weight is 557 g/mol. The molecule has 3 atom stereocenters. The van der Waals surface area contributed by atoms with E-state index in [4.69, 9.17) is 14.2 Å². The number of anilines is 2. The number of benzene rings is 1. The van der Waals surface area contributed by atoms with E-state index in [2.05, 4.69) is 15.3 Å². The van der Waals surface area contributed by atoms with Crippen molar-refractivity contribution in [2.45, 2.75) is 55.2 Å². The molecular weight excluding hydrogens is 529 g/mol. The zero-order valence-corrected chi connectivity index (χ0v) is 21.5. The van der Waals surface area contributed by atoms with Gasteiger partial charge in [-0.3, -0.25) is 4.90 Å². The first-order chi connectivity index (χ1) is 17.9. The molecule has 2 saturated heterocycles. The van der Waals surface area contributed by atoms with Crippen molar-refractivity contribution in [2.75, 3.05) is 31.4 Å². The second kappa shape index (κ2) is 9.88. The maximum Gasteiger partial charge on any atom is 0.410 e. The second-order valence-electron chi connectivity index (χ2n) is 9.89. The largest absolute Gasteiger partial charge is 0.474 e. The van der Waals surface area contributed by atoms with Gasteiger partial charge in [0, 0.05) is 25.5 Å². The van der Waals surface area contributed by atoms with Crippen molar-refractivity contribution < 1.29 is 40.6 Å². The number of ether oxygens (including phenoxy) is 3. The summed E-state index contributed by atoms with van der Waals surface area (Å²) in [6.07, 6.45) is 1.88. The third-order valence-electron chi connectivity index (χ3n) is 6.99. The summed E-state index contributed by atoms with van der Waals surface area (Å²) < 4.78 is 81.1. The fraction of sp³-hybridized carbons (Fsp3) is 0.542. The van der Waals surface area contributed by atoms with Crippen LogP contribution in [0.5, 0.6) is 5.88 Å². The number of fused-ring (bicyclic) bond motifs is 2.